The third kappa shape index (κ3) is 4.43. The van der Waals surface area contributed by atoms with E-state index >= 15 is 0 Å². The van der Waals surface area contributed by atoms with Gasteiger partial charge >= 0.3 is 0 Å². The maximum Gasteiger partial charge on any atom is 0.167 e. The Kier molecular flexibility index (Phi) is 6.05. The Balaban J connectivity index is 1.14. The second-order valence-corrected chi connectivity index (χ2v) is 13.8. The van der Waals surface area contributed by atoms with Crippen LogP contribution >= 0.6 is 11.3 Å². The molecule has 11 rings (SSSR count). The molecule has 0 fully saturated rings. The van der Waals surface area contributed by atoms with Crippen molar-refractivity contribution in [1.82, 2.24) is 15.0 Å². The Bertz CT molecular complexity index is 3160. The van der Waals surface area contributed by atoms with Crippen molar-refractivity contribution in [3.8, 4) is 45.3 Å². The topological polar surface area (TPSA) is 65.0 Å². The number of hydrogen-bond acceptors (Lipinski definition) is 6. The van der Waals surface area contributed by atoms with Gasteiger partial charge in [0.1, 0.15) is 22.3 Å². The summed E-state index contributed by atoms with van der Waals surface area (Å²) < 4.78 is 15.5. The van der Waals surface area contributed by atoms with Crippen LogP contribution in [0.3, 0.4) is 0 Å². The van der Waals surface area contributed by atoms with E-state index in [1.165, 1.54) is 20.2 Å². The lowest BCUT2D eigenvalue weighted by atomic mass is 9.96. The molecule has 51 heavy (non-hydrogen) atoms. The molecule has 0 unspecified atom stereocenters. The summed E-state index contributed by atoms with van der Waals surface area (Å²) in [4.78, 5) is 15.2. The summed E-state index contributed by atoms with van der Waals surface area (Å²) >= 11 is 1.83. The number of aromatic nitrogens is 3. The molecule has 4 heterocycles. The van der Waals surface area contributed by atoms with E-state index in [9.17, 15) is 0 Å². The van der Waals surface area contributed by atoms with Crippen LogP contribution in [0.15, 0.2) is 160 Å². The monoisotopic (exact) mass is 671 g/mol. The fourth-order valence-electron chi connectivity index (χ4n) is 7.35. The first-order valence-corrected chi connectivity index (χ1v) is 17.7. The van der Waals surface area contributed by atoms with Gasteiger partial charge in [-0.05, 0) is 53.6 Å². The van der Waals surface area contributed by atoms with Crippen LogP contribution in [-0.2, 0) is 0 Å². The van der Waals surface area contributed by atoms with Crippen LogP contribution in [0.1, 0.15) is 0 Å². The Morgan fingerprint density at radius 3 is 1.84 bits per heavy atom. The Morgan fingerprint density at radius 2 is 0.980 bits per heavy atom. The molecule has 238 valence electrons. The molecule has 5 nitrogen and oxygen atoms in total. The van der Waals surface area contributed by atoms with Gasteiger partial charge in [-0.1, -0.05) is 109 Å². The predicted octanol–water partition coefficient (Wildman–Crippen LogP) is 12.7. The summed E-state index contributed by atoms with van der Waals surface area (Å²) in [5, 5.41) is 6.79. The van der Waals surface area contributed by atoms with Gasteiger partial charge < -0.3 is 8.83 Å². The van der Waals surface area contributed by atoms with E-state index in [0.717, 1.165) is 71.7 Å². The molecule has 0 atom stereocenters. The van der Waals surface area contributed by atoms with Crippen LogP contribution < -0.4 is 0 Å². The maximum absolute atomic E-state index is 6.71. The van der Waals surface area contributed by atoms with Crippen LogP contribution in [0.25, 0.3) is 109 Å². The molecular formula is C45H25N3O2S. The quantitative estimate of drug-likeness (QED) is 0.186. The number of furan rings is 2. The number of fused-ring (bicyclic) bond motifs is 9. The van der Waals surface area contributed by atoms with Gasteiger partial charge in [-0.3, -0.25) is 0 Å². The largest absolute Gasteiger partial charge is 0.456 e. The molecule has 0 aliphatic heterocycles. The second-order valence-electron chi connectivity index (χ2n) is 12.8. The van der Waals surface area contributed by atoms with E-state index < -0.39 is 0 Å². The lowest BCUT2D eigenvalue weighted by molar-refractivity contribution is 0.668. The van der Waals surface area contributed by atoms with Crippen molar-refractivity contribution in [1.29, 1.82) is 0 Å². The van der Waals surface area contributed by atoms with Gasteiger partial charge in [0.25, 0.3) is 0 Å². The number of nitrogens with zero attached hydrogens (tertiary/aromatic N) is 3. The average molecular weight is 672 g/mol. The number of para-hydroxylation sites is 2. The van der Waals surface area contributed by atoms with Gasteiger partial charge in [0, 0.05) is 52.8 Å². The number of thiophene rings is 1. The van der Waals surface area contributed by atoms with Crippen molar-refractivity contribution >= 4 is 75.4 Å². The fourth-order valence-corrected chi connectivity index (χ4v) is 8.49. The molecule has 0 radical (unpaired) electrons. The summed E-state index contributed by atoms with van der Waals surface area (Å²) in [7, 11) is 0. The summed E-state index contributed by atoms with van der Waals surface area (Å²) in [6.45, 7) is 0. The molecule has 6 heteroatoms. The highest BCUT2D eigenvalue weighted by Crippen LogP contribution is 2.43. The molecule has 11 aromatic rings. The average Bonchev–Trinajstić information content (AvgIpc) is 3.88. The SMILES string of the molecule is c1ccc(-c2nc(-c3ccc4c(c3)oc3ccccc34)nc(-c3ccc(-c4ccc5c(c4)sc4ccccc45)c4c3oc3ccccc34)n2)cc1. The summed E-state index contributed by atoms with van der Waals surface area (Å²) in [5.74, 6) is 1.69. The first-order valence-electron chi connectivity index (χ1n) is 16.8. The molecule has 0 saturated carbocycles. The van der Waals surface area contributed by atoms with Crippen LogP contribution in [0, 0.1) is 0 Å². The highest BCUT2D eigenvalue weighted by atomic mass is 32.1. The summed E-state index contributed by atoms with van der Waals surface area (Å²) in [6, 6.07) is 52.2. The highest BCUT2D eigenvalue weighted by molar-refractivity contribution is 7.25. The van der Waals surface area contributed by atoms with E-state index in [1.807, 2.05) is 78.1 Å². The van der Waals surface area contributed by atoms with E-state index in [1.54, 1.807) is 0 Å². The van der Waals surface area contributed by atoms with Gasteiger partial charge in [0.05, 0.1) is 5.56 Å². The molecule has 0 N–H and O–H groups in total. The van der Waals surface area contributed by atoms with Crippen molar-refractivity contribution in [3.63, 3.8) is 0 Å². The molecule has 0 aliphatic carbocycles. The molecule has 0 spiro atoms. The lowest BCUT2D eigenvalue weighted by Gasteiger charge is -2.11. The first-order chi connectivity index (χ1) is 25.2. The van der Waals surface area contributed by atoms with E-state index in [-0.39, 0.29) is 0 Å². The zero-order chi connectivity index (χ0) is 33.5. The standard InChI is InChI=1S/C45H25N3O2S/c1-2-10-26(11-3-1)43-46-44(28-19-20-31-30-12-4-7-15-36(30)49-38(31)24-28)48-45(47-43)35-23-22-29(41-34-14-5-8-16-37(34)50-42(35)41)27-18-21-33-32-13-6-9-17-39(32)51-40(33)25-27/h1-25H. The number of rotatable bonds is 4. The molecule has 4 aromatic heterocycles. The normalized spacial score (nSPS) is 11.9. The molecule has 0 aliphatic rings. The lowest BCUT2D eigenvalue weighted by Crippen LogP contribution is -2.00. The van der Waals surface area contributed by atoms with Crippen molar-refractivity contribution < 1.29 is 8.83 Å². The highest BCUT2D eigenvalue weighted by Gasteiger charge is 2.21. The third-order valence-corrected chi connectivity index (χ3v) is 10.9. The molecule has 0 saturated heterocycles. The minimum Gasteiger partial charge on any atom is -0.456 e. The van der Waals surface area contributed by atoms with Crippen molar-refractivity contribution in [2.75, 3.05) is 0 Å². The number of hydrogen-bond donors (Lipinski definition) is 0. The van der Waals surface area contributed by atoms with Gasteiger partial charge in [-0.2, -0.15) is 0 Å². The van der Waals surface area contributed by atoms with E-state index in [2.05, 4.69) is 84.9 Å². The molecule has 7 aromatic carbocycles. The van der Waals surface area contributed by atoms with Crippen LogP contribution in [-0.4, -0.2) is 15.0 Å². The second kappa shape index (κ2) is 10.9. The Labute approximate surface area is 295 Å². The van der Waals surface area contributed by atoms with E-state index in [0.29, 0.717) is 17.5 Å². The van der Waals surface area contributed by atoms with Crippen molar-refractivity contribution in [2.45, 2.75) is 0 Å². The molecule has 0 bridgehead atoms. The molecule has 0 amide bonds. The smallest absolute Gasteiger partial charge is 0.167 e. The molecular weight excluding hydrogens is 647 g/mol. The minimum atomic E-state index is 0.541. The zero-order valence-electron chi connectivity index (χ0n) is 27.0. The maximum atomic E-state index is 6.71. The van der Waals surface area contributed by atoms with Crippen molar-refractivity contribution in [3.05, 3.63) is 152 Å². The van der Waals surface area contributed by atoms with Crippen LogP contribution in [0.5, 0.6) is 0 Å². The van der Waals surface area contributed by atoms with Gasteiger partial charge in [-0.25, -0.2) is 15.0 Å². The Morgan fingerprint density at radius 1 is 0.373 bits per heavy atom. The van der Waals surface area contributed by atoms with Crippen LogP contribution in [0.2, 0.25) is 0 Å². The van der Waals surface area contributed by atoms with Crippen LogP contribution in [0.4, 0.5) is 0 Å². The summed E-state index contributed by atoms with van der Waals surface area (Å²) in [5.41, 5.74) is 7.99. The van der Waals surface area contributed by atoms with Gasteiger partial charge in [0.2, 0.25) is 0 Å². The predicted molar refractivity (Wildman–Crippen MR) is 209 cm³/mol. The fraction of sp³-hybridized carbons (Fsp3) is 0. The summed E-state index contributed by atoms with van der Waals surface area (Å²) in [6.07, 6.45) is 0. The van der Waals surface area contributed by atoms with E-state index in [4.69, 9.17) is 23.8 Å². The Hall–Kier alpha value is -6.63. The minimum absolute atomic E-state index is 0.541. The third-order valence-electron chi connectivity index (χ3n) is 9.76. The van der Waals surface area contributed by atoms with Gasteiger partial charge in [0.15, 0.2) is 17.5 Å². The van der Waals surface area contributed by atoms with Crippen molar-refractivity contribution in [2.24, 2.45) is 0 Å². The number of benzene rings is 7. The zero-order valence-corrected chi connectivity index (χ0v) is 27.8. The first kappa shape index (κ1) is 28.2. The van der Waals surface area contributed by atoms with Gasteiger partial charge in [-0.15, -0.1) is 11.3 Å².